The van der Waals surface area contributed by atoms with E-state index < -0.39 is 17.7 Å². The summed E-state index contributed by atoms with van der Waals surface area (Å²) < 4.78 is 16.0. The fourth-order valence-electron chi connectivity index (χ4n) is 3.17. The summed E-state index contributed by atoms with van der Waals surface area (Å²) in [6, 6.07) is 14.0. The molecule has 2 rings (SSSR count). The smallest absolute Gasteiger partial charge is 0.408 e. The molecule has 0 saturated heterocycles. The minimum absolute atomic E-state index is 0.231. The average molecular weight is 471 g/mol. The van der Waals surface area contributed by atoms with E-state index in [9.17, 15) is 14.4 Å². The number of benzene rings is 2. The molecule has 0 bridgehead atoms. The van der Waals surface area contributed by atoms with Gasteiger partial charge in [0.05, 0.1) is 7.11 Å². The molecule has 2 amide bonds. The summed E-state index contributed by atoms with van der Waals surface area (Å²) in [5.74, 6) is 0.767. The van der Waals surface area contributed by atoms with Gasteiger partial charge in [-0.1, -0.05) is 30.3 Å². The molecule has 0 aliphatic carbocycles. The van der Waals surface area contributed by atoms with Crippen molar-refractivity contribution < 1.29 is 28.6 Å². The summed E-state index contributed by atoms with van der Waals surface area (Å²) in [6.45, 7) is 5.30. The molecule has 8 nitrogen and oxygen atoms in total. The van der Waals surface area contributed by atoms with Crippen LogP contribution in [0.4, 0.5) is 4.79 Å². The zero-order valence-electron chi connectivity index (χ0n) is 20.7. The van der Waals surface area contributed by atoms with Crippen molar-refractivity contribution in [3.63, 3.8) is 0 Å². The van der Waals surface area contributed by atoms with E-state index in [0.29, 0.717) is 24.3 Å². The van der Waals surface area contributed by atoms with Gasteiger partial charge in [0, 0.05) is 26.9 Å². The van der Waals surface area contributed by atoms with Crippen molar-refractivity contribution in [2.24, 2.45) is 0 Å². The molecule has 0 aliphatic rings. The van der Waals surface area contributed by atoms with Gasteiger partial charge in [0.1, 0.15) is 23.1 Å². The molecule has 0 heterocycles. The molecular formula is C26H34N2O6. The number of aryl methyl sites for hydroxylation is 1. The topological polar surface area (TPSA) is 94.2 Å². The molecule has 184 valence electrons. The largest absolute Gasteiger partial charge is 0.469 e. The number of carbonyl (C=O) groups is 3. The number of para-hydroxylation sites is 1. The van der Waals surface area contributed by atoms with Crippen LogP contribution in [0.2, 0.25) is 0 Å². The third-order valence-electron chi connectivity index (χ3n) is 4.82. The molecule has 0 radical (unpaired) electrons. The normalized spacial score (nSPS) is 11.8. The van der Waals surface area contributed by atoms with Crippen LogP contribution in [0.25, 0.3) is 0 Å². The van der Waals surface area contributed by atoms with Crippen LogP contribution >= 0.6 is 0 Å². The summed E-state index contributed by atoms with van der Waals surface area (Å²) >= 11 is 0. The van der Waals surface area contributed by atoms with Crippen molar-refractivity contribution >= 4 is 18.0 Å². The van der Waals surface area contributed by atoms with Gasteiger partial charge in [0.25, 0.3) is 0 Å². The molecule has 0 spiro atoms. The van der Waals surface area contributed by atoms with Crippen molar-refractivity contribution in [1.29, 1.82) is 0 Å². The fourth-order valence-corrected chi connectivity index (χ4v) is 3.17. The first-order valence-electron chi connectivity index (χ1n) is 11.1. The lowest BCUT2D eigenvalue weighted by Crippen LogP contribution is -2.48. The maximum Gasteiger partial charge on any atom is 0.408 e. The lowest BCUT2D eigenvalue weighted by Gasteiger charge is -2.25. The molecule has 2 aromatic rings. The van der Waals surface area contributed by atoms with Crippen LogP contribution in [0.3, 0.4) is 0 Å². The number of likely N-dealkylation sites (N-methyl/N-ethyl adjacent to an activating group) is 1. The highest BCUT2D eigenvalue weighted by molar-refractivity contribution is 5.85. The zero-order chi connectivity index (χ0) is 25.3. The highest BCUT2D eigenvalue weighted by Gasteiger charge is 2.25. The van der Waals surface area contributed by atoms with Gasteiger partial charge in [-0.2, -0.15) is 0 Å². The lowest BCUT2D eigenvalue weighted by molar-refractivity contribution is -0.140. The third-order valence-corrected chi connectivity index (χ3v) is 4.82. The van der Waals surface area contributed by atoms with Gasteiger partial charge in [0.2, 0.25) is 5.91 Å². The van der Waals surface area contributed by atoms with Gasteiger partial charge in [-0.3, -0.25) is 9.59 Å². The summed E-state index contributed by atoms with van der Waals surface area (Å²) in [6.07, 6.45) is 0.427. The van der Waals surface area contributed by atoms with Crippen LogP contribution in [-0.4, -0.2) is 55.7 Å². The monoisotopic (exact) mass is 470 g/mol. The molecular weight excluding hydrogens is 436 g/mol. The molecule has 0 saturated carbocycles. The molecule has 0 fully saturated rings. The van der Waals surface area contributed by atoms with E-state index in [1.165, 1.54) is 12.0 Å². The number of hydrogen-bond acceptors (Lipinski definition) is 6. The minimum atomic E-state index is -0.768. The zero-order valence-corrected chi connectivity index (χ0v) is 20.7. The number of alkyl carbamates (subject to hydrolysis) is 1. The Kier molecular flexibility index (Phi) is 9.47. The SMILES string of the molecule is COC(=O)CCc1ccccc1Oc1ccc(CC(NC(=O)OC(C)(C)C)C(=O)N(C)C)cc1. The minimum Gasteiger partial charge on any atom is -0.469 e. The number of carbonyl (C=O) groups excluding carboxylic acids is 3. The van der Waals surface area contributed by atoms with E-state index in [1.807, 2.05) is 36.4 Å². The van der Waals surface area contributed by atoms with Crippen LogP contribution in [0.1, 0.15) is 38.3 Å². The van der Waals surface area contributed by atoms with Crippen molar-refractivity contribution in [2.75, 3.05) is 21.2 Å². The number of ether oxygens (including phenoxy) is 3. The Morgan fingerprint density at radius 2 is 1.65 bits per heavy atom. The lowest BCUT2D eigenvalue weighted by atomic mass is 10.0. The number of methoxy groups -OCH3 is 1. The van der Waals surface area contributed by atoms with Crippen LogP contribution in [0.5, 0.6) is 11.5 Å². The highest BCUT2D eigenvalue weighted by atomic mass is 16.6. The van der Waals surface area contributed by atoms with E-state index in [1.54, 1.807) is 47.0 Å². The van der Waals surface area contributed by atoms with Gasteiger partial charge < -0.3 is 24.4 Å². The molecule has 34 heavy (non-hydrogen) atoms. The first kappa shape index (κ1) is 26.7. The number of esters is 1. The first-order chi connectivity index (χ1) is 16.0. The van der Waals surface area contributed by atoms with Gasteiger partial charge in [0.15, 0.2) is 0 Å². The molecule has 0 aromatic heterocycles. The molecule has 1 N–H and O–H groups in total. The Labute approximate surface area is 201 Å². The Bertz CT molecular complexity index is 980. The van der Waals surface area contributed by atoms with Crippen molar-refractivity contribution in [1.82, 2.24) is 10.2 Å². The van der Waals surface area contributed by atoms with Gasteiger partial charge in [-0.15, -0.1) is 0 Å². The number of nitrogens with one attached hydrogen (secondary N) is 1. The van der Waals surface area contributed by atoms with Crippen LogP contribution < -0.4 is 10.1 Å². The van der Waals surface area contributed by atoms with Gasteiger partial charge in [-0.05, 0) is 56.5 Å². The number of amides is 2. The Balaban J connectivity index is 2.09. The van der Waals surface area contributed by atoms with Gasteiger partial charge in [-0.25, -0.2) is 4.79 Å². The second-order valence-electron chi connectivity index (χ2n) is 9.07. The predicted molar refractivity (Wildman–Crippen MR) is 129 cm³/mol. The predicted octanol–water partition coefficient (Wildman–Crippen LogP) is 4.11. The highest BCUT2D eigenvalue weighted by Crippen LogP contribution is 2.27. The summed E-state index contributed by atoms with van der Waals surface area (Å²) in [7, 11) is 4.65. The van der Waals surface area contributed by atoms with Crippen LogP contribution in [-0.2, 0) is 31.9 Å². The Morgan fingerprint density at radius 3 is 2.24 bits per heavy atom. The van der Waals surface area contributed by atoms with Gasteiger partial charge >= 0.3 is 12.1 Å². The molecule has 1 unspecified atom stereocenters. The number of rotatable bonds is 9. The summed E-state index contributed by atoms with van der Waals surface area (Å²) in [4.78, 5) is 37.8. The average Bonchev–Trinajstić information content (AvgIpc) is 2.77. The second-order valence-corrected chi connectivity index (χ2v) is 9.07. The van der Waals surface area contributed by atoms with E-state index in [0.717, 1.165) is 11.1 Å². The summed E-state index contributed by atoms with van der Waals surface area (Å²) in [5, 5.41) is 2.67. The molecule has 1 atom stereocenters. The molecule has 8 heteroatoms. The second kappa shape index (κ2) is 12.1. The summed E-state index contributed by atoms with van der Waals surface area (Å²) in [5.41, 5.74) is 1.08. The molecule has 0 aliphatic heterocycles. The van der Waals surface area contributed by atoms with E-state index in [4.69, 9.17) is 14.2 Å². The van der Waals surface area contributed by atoms with Crippen LogP contribution in [0.15, 0.2) is 48.5 Å². The fraction of sp³-hybridized carbons (Fsp3) is 0.423. The quantitative estimate of drug-likeness (QED) is 0.555. The van der Waals surface area contributed by atoms with E-state index >= 15 is 0 Å². The molecule has 2 aromatic carbocycles. The van der Waals surface area contributed by atoms with Crippen molar-refractivity contribution in [3.05, 3.63) is 59.7 Å². The van der Waals surface area contributed by atoms with E-state index in [2.05, 4.69) is 5.32 Å². The first-order valence-corrected chi connectivity index (χ1v) is 11.1. The van der Waals surface area contributed by atoms with Crippen LogP contribution in [0, 0.1) is 0 Å². The maximum absolute atomic E-state index is 12.6. The maximum atomic E-state index is 12.6. The number of hydrogen-bond donors (Lipinski definition) is 1. The van der Waals surface area contributed by atoms with E-state index in [-0.39, 0.29) is 18.3 Å². The Hall–Kier alpha value is -3.55. The van der Waals surface area contributed by atoms with Crippen molar-refractivity contribution in [2.45, 2.75) is 51.7 Å². The standard InChI is InChI=1S/C26H34N2O6/c1-26(2,3)34-25(31)27-21(24(30)28(4)5)17-18-11-14-20(15-12-18)33-22-10-8-7-9-19(22)13-16-23(29)32-6/h7-12,14-15,21H,13,16-17H2,1-6H3,(H,27,31). The third kappa shape index (κ3) is 8.77. The van der Waals surface area contributed by atoms with Crippen molar-refractivity contribution in [3.8, 4) is 11.5 Å². The Morgan fingerprint density at radius 1 is 1.00 bits per heavy atom. The number of nitrogens with zero attached hydrogens (tertiary/aromatic N) is 1.